The minimum absolute atomic E-state index is 0.252. The van der Waals surface area contributed by atoms with Crippen LogP contribution in [0, 0.1) is 6.92 Å². The second-order valence-electron chi connectivity index (χ2n) is 6.24. The quantitative estimate of drug-likeness (QED) is 0.536. The Hall–Kier alpha value is -3.73. The topological polar surface area (TPSA) is 75.1 Å². The molecule has 0 bridgehead atoms. The smallest absolute Gasteiger partial charge is 0.335 e. The van der Waals surface area contributed by atoms with Crippen LogP contribution in [-0.4, -0.2) is 21.0 Å². The molecule has 0 saturated carbocycles. The van der Waals surface area contributed by atoms with Crippen molar-refractivity contribution >= 4 is 28.5 Å². The van der Waals surface area contributed by atoms with Gasteiger partial charge in [-0.3, -0.25) is 0 Å². The van der Waals surface area contributed by atoms with Gasteiger partial charge in [-0.1, -0.05) is 48.5 Å². The van der Waals surface area contributed by atoms with E-state index in [1.165, 1.54) is 0 Å². The van der Waals surface area contributed by atoms with Crippen molar-refractivity contribution in [2.24, 2.45) is 0 Å². The molecule has 5 heteroatoms. The number of nitrogens with one attached hydrogen (secondary N) is 1. The molecule has 4 aromatic rings. The van der Waals surface area contributed by atoms with Crippen molar-refractivity contribution in [3.63, 3.8) is 0 Å². The lowest BCUT2D eigenvalue weighted by Gasteiger charge is -2.12. The fourth-order valence-electron chi connectivity index (χ4n) is 3.01. The first-order chi connectivity index (χ1) is 13.1. The highest BCUT2D eigenvalue weighted by Crippen LogP contribution is 2.28. The third-order valence-electron chi connectivity index (χ3n) is 4.37. The maximum Gasteiger partial charge on any atom is 0.335 e. The first kappa shape index (κ1) is 16.7. The molecular weight excluding hydrogens is 338 g/mol. The molecule has 2 N–H and O–H groups in total. The molecule has 0 amide bonds. The standard InChI is InChI=1S/C22H17N3O2/c1-14-13-16(21(26)27)11-12-18(14)23-22-24-19-10-6-5-9-17(19)20(25-22)15-7-3-2-4-8-15/h2-13H,1H3,(H,26,27)(H,23,24,25). The number of aryl methyl sites for hydroxylation is 1. The molecule has 0 aliphatic heterocycles. The lowest BCUT2D eigenvalue weighted by atomic mass is 10.1. The highest BCUT2D eigenvalue weighted by molar-refractivity contribution is 5.93. The molecular formula is C22H17N3O2. The molecule has 132 valence electrons. The number of anilines is 2. The molecule has 0 spiro atoms. The molecule has 27 heavy (non-hydrogen) atoms. The summed E-state index contributed by atoms with van der Waals surface area (Å²) in [4.78, 5) is 20.5. The number of benzene rings is 3. The van der Waals surface area contributed by atoms with Gasteiger partial charge in [-0.25, -0.2) is 14.8 Å². The largest absolute Gasteiger partial charge is 0.478 e. The average Bonchev–Trinajstić information content (AvgIpc) is 2.69. The van der Waals surface area contributed by atoms with Crippen molar-refractivity contribution in [3.05, 3.63) is 83.9 Å². The lowest BCUT2D eigenvalue weighted by molar-refractivity contribution is 0.0697. The summed E-state index contributed by atoms with van der Waals surface area (Å²) in [5.74, 6) is -0.475. The van der Waals surface area contributed by atoms with Gasteiger partial charge in [0.05, 0.1) is 16.8 Å². The van der Waals surface area contributed by atoms with E-state index in [1.54, 1.807) is 18.2 Å². The number of nitrogens with zero attached hydrogens (tertiary/aromatic N) is 2. The number of fused-ring (bicyclic) bond motifs is 1. The van der Waals surface area contributed by atoms with Gasteiger partial charge in [-0.15, -0.1) is 0 Å². The van der Waals surface area contributed by atoms with Gasteiger partial charge in [0, 0.05) is 16.6 Å². The highest BCUT2D eigenvalue weighted by atomic mass is 16.4. The summed E-state index contributed by atoms with van der Waals surface area (Å²) in [6.45, 7) is 1.86. The van der Waals surface area contributed by atoms with Crippen LogP contribution in [0.4, 0.5) is 11.6 Å². The number of carboxylic acids is 1. The van der Waals surface area contributed by atoms with Gasteiger partial charge >= 0.3 is 5.97 Å². The Kier molecular flexibility index (Phi) is 4.26. The summed E-state index contributed by atoms with van der Waals surface area (Å²) < 4.78 is 0. The second kappa shape index (κ2) is 6.88. The van der Waals surface area contributed by atoms with Gasteiger partial charge in [-0.2, -0.15) is 0 Å². The molecule has 0 aliphatic rings. The summed E-state index contributed by atoms with van der Waals surface area (Å²) in [5.41, 5.74) is 4.54. The second-order valence-corrected chi connectivity index (χ2v) is 6.24. The number of carbonyl (C=O) groups is 1. The Labute approximate surface area is 156 Å². The Morgan fingerprint density at radius 1 is 0.926 bits per heavy atom. The minimum atomic E-state index is -0.946. The first-order valence-corrected chi connectivity index (χ1v) is 8.55. The lowest BCUT2D eigenvalue weighted by Crippen LogP contribution is -2.03. The number of aromatic carboxylic acids is 1. The fraction of sp³-hybridized carbons (Fsp3) is 0.0455. The average molecular weight is 355 g/mol. The van der Waals surface area contributed by atoms with Crippen LogP contribution in [0.3, 0.4) is 0 Å². The van der Waals surface area contributed by atoms with Gasteiger partial charge in [0.15, 0.2) is 0 Å². The van der Waals surface area contributed by atoms with Crippen LogP contribution < -0.4 is 5.32 Å². The third kappa shape index (κ3) is 3.35. The van der Waals surface area contributed by atoms with E-state index < -0.39 is 5.97 Å². The number of carboxylic acid groups (broad SMARTS) is 1. The van der Waals surface area contributed by atoms with Crippen LogP contribution in [0.15, 0.2) is 72.8 Å². The summed E-state index contributed by atoms with van der Waals surface area (Å²) >= 11 is 0. The van der Waals surface area contributed by atoms with Crippen molar-refractivity contribution in [1.29, 1.82) is 0 Å². The number of hydrogen-bond acceptors (Lipinski definition) is 4. The van der Waals surface area contributed by atoms with E-state index in [-0.39, 0.29) is 5.56 Å². The summed E-state index contributed by atoms with van der Waals surface area (Å²) in [7, 11) is 0. The molecule has 4 rings (SSSR count). The third-order valence-corrected chi connectivity index (χ3v) is 4.37. The Morgan fingerprint density at radius 3 is 2.41 bits per heavy atom. The molecule has 0 saturated heterocycles. The van der Waals surface area contributed by atoms with Crippen molar-refractivity contribution in [2.45, 2.75) is 6.92 Å². The molecule has 5 nitrogen and oxygen atoms in total. The molecule has 0 unspecified atom stereocenters. The van der Waals surface area contributed by atoms with Crippen LogP contribution >= 0.6 is 0 Å². The molecule has 0 radical (unpaired) electrons. The van der Waals surface area contributed by atoms with Crippen LogP contribution in [0.5, 0.6) is 0 Å². The summed E-state index contributed by atoms with van der Waals surface area (Å²) in [6, 6.07) is 22.8. The van der Waals surface area contributed by atoms with Gasteiger partial charge in [0.25, 0.3) is 0 Å². The van der Waals surface area contributed by atoms with E-state index in [1.807, 2.05) is 61.5 Å². The van der Waals surface area contributed by atoms with Crippen molar-refractivity contribution in [3.8, 4) is 11.3 Å². The van der Waals surface area contributed by atoms with E-state index in [9.17, 15) is 4.79 Å². The molecule has 0 atom stereocenters. The van der Waals surface area contributed by atoms with Crippen molar-refractivity contribution < 1.29 is 9.90 Å². The minimum Gasteiger partial charge on any atom is -0.478 e. The fourth-order valence-corrected chi connectivity index (χ4v) is 3.01. The number of para-hydroxylation sites is 1. The van der Waals surface area contributed by atoms with Crippen LogP contribution in [0.1, 0.15) is 15.9 Å². The van der Waals surface area contributed by atoms with Gasteiger partial charge < -0.3 is 10.4 Å². The zero-order chi connectivity index (χ0) is 18.8. The van der Waals surface area contributed by atoms with E-state index in [0.717, 1.165) is 33.4 Å². The summed E-state index contributed by atoms with van der Waals surface area (Å²) in [5, 5.41) is 13.3. The van der Waals surface area contributed by atoms with Crippen molar-refractivity contribution in [1.82, 2.24) is 9.97 Å². The summed E-state index contributed by atoms with van der Waals surface area (Å²) in [6.07, 6.45) is 0. The highest BCUT2D eigenvalue weighted by Gasteiger charge is 2.11. The van der Waals surface area contributed by atoms with Crippen molar-refractivity contribution in [2.75, 3.05) is 5.32 Å². The Morgan fingerprint density at radius 2 is 1.67 bits per heavy atom. The molecule has 1 heterocycles. The number of rotatable bonds is 4. The van der Waals surface area contributed by atoms with Crippen LogP contribution in [-0.2, 0) is 0 Å². The zero-order valence-corrected chi connectivity index (χ0v) is 14.7. The van der Waals surface area contributed by atoms with Gasteiger partial charge in [-0.05, 0) is 36.8 Å². The molecule has 0 aliphatic carbocycles. The van der Waals surface area contributed by atoms with E-state index in [2.05, 4.69) is 10.3 Å². The van der Waals surface area contributed by atoms with E-state index in [4.69, 9.17) is 10.1 Å². The number of aromatic nitrogens is 2. The Bertz CT molecular complexity index is 1140. The van der Waals surface area contributed by atoms with Gasteiger partial charge in [0.1, 0.15) is 0 Å². The predicted molar refractivity (Wildman–Crippen MR) is 106 cm³/mol. The molecule has 0 fully saturated rings. The SMILES string of the molecule is Cc1cc(C(=O)O)ccc1Nc1nc(-c2ccccc2)c2ccccc2n1. The van der Waals surface area contributed by atoms with Gasteiger partial charge in [0.2, 0.25) is 5.95 Å². The first-order valence-electron chi connectivity index (χ1n) is 8.55. The monoisotopic (exact) mass is 355 g/mol. The molecule has 3 aromatic carbocycles. The maximum absolute atomic E-state index is 11.1. The van der Waals surface area contributed by atoms with Crippen LogP contribution in [0.25, 0.3) is 22.2 Å². The number of hydrogen-bond donors (Lipinski definition) is 2. The van der Waals surface area contributed by atoms with Crippen LogP contribution in [0.2, 0.25) is 0 Å². The normalized spacial score (nSPS) is 10.7. The van der Waals surface area contributed by atoms with E-state index >= 15 is 0 Å². The van der Waals surface area contributed by atoms with E-state index in [0.29, 0.717) is 5.95 Å². The Balaban J connectivity index is 1.80. The molecule has 1 aromatic heterocycles. The maximum atomic E-state index is 11.1. The predicted octanol–water partition coefficient (Wildman–Crippen LogP) is 5.05. The zero-order valence-electron chi connectivity index (χ0n) is 14.7.